The smallest absolute Gasteiger partial charge is 0.272 e. The molecule has 0 spiro atoms. The maximum atomic E-state index is 12.7. The maximum absolute atomic E-state index is 12.7. The Kier molecular flexibility index (Phi) is 3.94. The van der Waals surface area contributed by atoms with Crippen LogP contribution in [0.15, 0.2) is 42.6 Å². The number of amides is 1. The van der Waals surface area contributed by atoms with E-state index in [4.69, 9.17) is 4.74 Å². The molecule has 0 N–H and O–H groups in total. The van der Waals surface area contributed by atoms with Crippen LogP contribution < -0.4 is 4.90 Å². The van der Waals surface area contributed by atoms with E-state index in [0.717, 1.165) is 12.1 Å². The van der Waals surface area contributed by atoms with Gasteiger partial charge in [-0.25, -0.2) is 0 Å². The zero-order valence-electron chi connectivity index (χ0n) is 13.8. The van der Waals surface area contributed by atoms with Crippen molar-refractivity contribution in [2.24, 2.45) is 0 Å². The number of carbonyl (C=O) groups excluding carboxylic acids is 1. The van der Waals surface area contributed by atoms with Gasteiger partial charge in [-0.1, -0.05) is 18.2 Å². The summed E-state index contributed by atoms with van der Waals surface area (Å²) in [6.07, 6.45) is 2.75. The Morgan fingerprint density at radius 1 is 1.21 bits per heavy atom. The fourth-order valence-corrected chi connectivity index (χ4v) is 3.57. The maximum Gasteiger partial charge on any atom is 0.272 e. The molecular weight excluding hydrogens is 302 g/mol. The first-order valence-electron chi connectivity index (χ1n) is 8.44. The van der Waals surface area contributed by atoms with Crippen molar-refractivity contribution in [2.45, 2.75) is 19.4 Å². The molecule has 0 aliphatic carbocycles. The van der Waals surface area contributed by atoms with E-state index in [9.17, 15) is 4.79 Å². The fourth-order valence-electron chi connectivity index (χ4n) is 3.57. The van der Waals surface area contributed by atoms with E-state index in [2.05, 4.69) is 41.1 Å². The number of para-hydroxylation sites is 1. The highest BCUT2D eigenvalue weighted by Crippen LogP contribution is 2.38. The van der Waals surface area contributed by atoms with Gasteiger partial charge in [-0.2, -0.15) is 0 Å². The molecule has 2 aliphatic heterocycles. The molecular formula is C19H21N3O2. The summed E-state index contributed by atoms with van der Waals surface area (Å²) < 4.78 is 5.32. The zero-order chi connectivity index (χ0) is 16.5. The van der Waals surface area contributed by atoms with Gasteiger partial charge in [-0.05, 0) is 37.1 Å². The molecule has 3 heterocycles. The first-order valence-corrected chi connectivity index (χ1v) is 8.44. The van der Waals surface area contributed by atoms with E-state index in [-0.39, 0.29) is 5.91 Å². The Hall–Kier alpha value is -2.40. The molecule has 0 radical (unpaired) electrons. The summed E-state index contributed by atoms with van der Waals surface area (Å²) in [4.78, 5) is 21.1. The monoisotopic (exact) mass is 323 g/mol. The lowest BCUT2D eigenvalue weighted by atomic mass is 10.1. The van der Waals surface area contributed by atoms with Crippen LogP contribution >= 0.6 is 0 Å². The Bertz CT molecular complexity index is 756. The number of pyridine rings is 1. The van der Waals surface area contributed by atoms with E-state index in [1.807, 2.05) is 17.0 Å². The Morgan fingerprint density at radius 2 is 2.00 bits per heavy atom. The van der Waals surface area contributed by atoms with Gasteiger partial charge in [0.05, 0.1) is 13.2 Å². The first kappa shape index (κ1) is 15.1. The molecule has 1 atom stereocenters. The van der Waals surface area contributed by atoms with Crippen LogP contribution in [0.25, 0.3) is 0 Å². The van der Waals surface area contributed by atoms with Gasteiger partial charge in [-0.3, -0.25) is 9.78 Å². The lowest BCUT2D eigenvalue weighted by Gasteiger charge is -2.28. The van der Waals surface area contributed by atoms with Crippen LogP contribution in [0.1, 0.15) is 23.0 Å². The molecule has 24 heavy (non-hydrogen) atoms. The van der Waals surface area contributed by atoms with Crippen molar-refractivity contribution in [3.63, 3.8) is 0 Å². The fraction of sp³-hybridized carbons (Fsp3) is 0.368. The van der Waals surface area contributed by atoms with Crippen molar-refractivity contribution in [1.29, 1.82) is 0 Å². The third-order valence-electron chi connectivity index (χ3n) is 4.75. The summed E-state index contributed by atoms with van der Waals surface area (Å²) >= 11 is 0. The summed E-state index contributed by atoms with van der Waals surface area (Å²) in [5, 5.41) is 0. The third-order valence-corrected chi connectivity index (χ3v) is 4.75. The van der Waals surface area contributed by atoms with E-state index >= 15 is 0 Å². The summed E-state index contributed by atoms with van der Waals surface area (Å²) in [5.74, 6) is -0.0136. The normalized spacial score (nSPS) is 20.1. The zero-order valence-corrected chi connectivity index (χ0v) is 13.8. The number of rotatable bonds is 2. The molecule has 1 fully saturated rings. The topological polar surface area (TPSA) is 45.7 Å². The van der Waals surface area contributed by atoms with Crippen molar-refractivity contribution < 1.29 is 9.53 Å². The second-order valence-corrected chi connectivity index (χ2v) is 6.36. The van der Waals surface area contributed by atoms with Crippen molar-refractivity contribution in [3.8, 4) is 0 Å². The summed E-state index contributed by atoms with van der Waals surface area (Å²) in [7, 11) is 0. The highest BCUT2D eigenvalue weighted by molar-refractivity contribution is 5.93. The molecule has 1 aromatic carbocycles. The Labute approximate surface area is 141 Å². The largest absolute Gasteiger partial charge is 0.378 e. The number of morpholine rings is 1. The van der Waals surface area contributed by atoms with Crippen LogP contribution in [0.2, 0.25) is 0 Å². The number of aromatic nitrogens is 1. The molecule has 1 saturated heterocycles. The quantitative estimate of drug-likeness (QED) is 0.852. The summed E-state index contributed by atoms with van der Waals surface area (Å²) in [5.41, 5.74) is 4.11. The van der Waals surface area contributed by atoms with Gasteiger partial charge >= 0.3 is 0 Å². The molecule has 2 aromatic rings. The van der Waals surface area contributed by atoms with Crippen molar-refractivity contribution in [2.75, 3.05) is 31.2 Å². The number of fused-ring (bicyclic) bond motifs is 1. The van der Waals surface area contributed by atoms with Gasteiger partial charge in [-0.15, -0.1) is 0 Å². The second kappa shape index (κ2) is 6.24. The van der Waals surface area contributed by atoms with Gasteiger partial charge in [0.25, 0.3) is 5.91 Å². The average molecular weight is 323 g/mol. The van der Waals surface area contributed by atoms with Gasteiger partial charge in [0, 0.05) is 36.7 Å². The minimum atomic E-state index is -0.0136. The van der Waals surface area contributed by atoms with E-state index in [1.54, 1.807) is 6.20 Å². The number of hydrogen-bond donors (Lipinski definition) is 0. The molecule has 0 saturated carbocycles. The predicted octanol–water partition coefficient (Wildman–Crippen LogP) is 2.64. The Morgan fingerprint density at radius 3 is 2.83 bits per heavy atom. The van der Waals surface area contributed by atoms with Crippen LogP contribution in [-0.2, 0) is 11.2 Å². The van der Waals surface area contributed by atoms with Crippen LogP contribution in [0.3, 0.4) is 0 Å². The first-order chi connectivity index (χ1) is 11.7. The molecule has 1 aromatic heterocycles. The lowest BCUT2D eigenvalue weighted by molar-refractivity contribution is 0.0299. The van der Waals surface area contributed by atoms with Gasteiger partial charge in [0.15, 0.2) is 0 Å². The number of benzene rings is 1. The van der Waals surface area contributed by atoms with E-state index in [1.165, 1.54) is 11.3 Å². The molecule has 4 rings (SSSR count). The minimum Gasteiger partial charge on any atom is -0.378 e. The standard InChI is InChI=1S/C19H21N3O2/c1-14-12-15-4-2-3-5-18(15)22(14)16-6-7-20-17(13-16)19(23)21-8-10-24-11-9-21/h2-7,13-14H,8-12H2,1H3. The number of ether oxygens (including phenoxy) is 1. The molecule has 5 nitrogen and oxygen atoms in total. The van der Waals surface area contributed by atoms with Gasteiger partial charge in [0.1, 0.15) is 5.69 Å². The molecule has 1 amide bonds. The van der Waals surface area contributed by atoms with Crippen LogP contribution in [0.4, 0.5) is 11.4 Å². The van der Waals surface area contributed by atoms with Gasteiger partial charge in [0.2, 0.25) is 0 Å². The van der Waals surface area contributed by atoms with Crippen molar-refractivity contribution in [1.82, 2.24) is 9.88 Å². The highest BCUT2D eigenvalue weighted by Gasteiger charge is 2.28. The van der Waals surface area contributed by atoms with E-state index in [0.29, 0.717) is 38.0 Å². The number of carbonyl (C=O) groups is 1. The summed E-state index contributed by atoms with van der Waals surface area (Å²) in [6.45, 7) is 4.68. The number of hydrogen-bond acceptors (Lipinski definition) is 4. The second-order valence-electron chi connectivity index (χ2n) is 6.36. The van der Waals surface area contributed by atoms with Crippen LogP contribution in [-0.4, -0.2) is 48.1 Å². The number of anilines is 2. The molecule has 5 heteroatoms. The Balaban J connectivity index is 1.64. The molecule has 124 valence electrons. The SMILES string of the molecule is CC1Cc2ccccc2N1c1ccnc(C(=O)N2CCOCC2)c1. The third kappa shape index (κ3) is 2.65. The van der Waals surface area contributed by atoms with E-state index < -0.39 is 0 Å². The van der Waals surface area contributed by atoms with Crippen LogP contribution in [0, 0.1) is 0 Å². The number of nitrogens with zero attached hydrogens (tertiary/aromatic N) is 3. The molecule has 0 bridgehead atoms. The van der Waals surface area contributed by atoms with Gasteiger partial charge < -0.3 is 14.5 Å². The van der Waals surface area contributed by atoms with Crippen molar-refractivity contribution in [3.05, 3.63) is 53.9 Å². The minimum absolute atomic E-state index is 0.0136. The predicted molar refractivity (Wildman–Crippen MR) is 92.7 cm³/mol. The summed E-state index contributed by atoms with van der Waals surface area (Å²) in [6, 6.07) is 12.7. The molecule has 1 unspecified atom stereocenters. The highest BCUT2D eigenvalue weighted by atomic mass is 16.5. The van der Waals surface area contributed by atoms with Crippen LogP contribution in [0.5, 0.6) is 0 Å². The van der Waals surface area contributed by atoms with Crippen molar-refractivity contribution >= 4 is 17.3 Å². The molecule has 2 aliphatic rings. The lowest BCUT2D eigenvalue weighted by Crippen LogP contribution is -2.41. The average Bonchev–Trinajstić information content (AvgIpc) is 2.97.